The number of nitrogens with one attached hydrogen (secondary N) is 2. The molecule has 1 aliphatic rings. The van der Waals surface area contributed by atoms with Crippen molar-refractivity contribution in [3.05, 3.63) is 47.2 Å². The Morgan fingerprint density at radius 2 is 2.07 bits per heavy atom. The second kappa shape index (κ2) is 7.86. The molecule has 0 spiro atoms. The number of amides is 1. The van der Waals surface area contributed by atoms with Crippen molar-refractivity contribution in [2.24, 2.45) is 5.14 Å². The molecule has 1 unspecified atom stereocenters. The van der Waals surface area contributed by atoms with Crippen LogP contribution < -0.4 is 15.8 Å². The number of hydrogen-bond donors (Lipinski definition) is 3. The highest BCUT2D eigenvalue weighted by Gasteiger charge is 2.23. The fourth-order valence-electron chi connectivity index (χ4n) is 2.84. The molecule has 4 rings (SSSR count). The van der Waals surface area contributed by atoms with Crippen molar-refractivity contribution >= 4 is 39.8 Å². The molecule has 2 aromatic heterocycles. The van der Waals surface area contributed by atoms with Gasteiger partial charge in [-0.05, 0) is 25.0 Å². The normalized spacial score (nSPS) is 14.8. The lowest BCUT2D eigenvalue weighted by Gasteiger charge is -2.09. The van der Waals surface area contributed by atoms with E-state index >= 15 is 0 Å². The fraction of sp³-hybridized carbons (Fsp3) is 0.278. The Hall–Kier alpha value is -2.49. The van der Waals surface area contributed by atoms with Crippen LogP contribution >= 0.6 is 11.6 Å². The molecule has 10 heteroatoms. The van der Waals surface area contributed by atoms with Crippen molar-refractivity contribution in [1.82, 2.24) is 19.9 Å². The predicted molar refractivity (Wildman–Crippen MR) is 110 cm³/mol. The van der Waals surface area contributed by atoms with Gasteiger partial charge in [-0.3, -0.25) is 9.93 Å². The first kappa shape index (κ1) is 18.9. The number of carbonyl (C=O) groups is 1. The van der Waals surface area contributed by atoms with Crippen molar-refractivity contribution in [3.63, 3.8) is 0 Å². The third-order valence-electron chi connectivity index (χ3n) is 4.41. The highest BCUT2D eigenvalue weighted by atomic mass is 35.5. The van der Waals surface area contributed by atoms with Crippen LogP contribution in [0.25, 0.3) is 16.9 Å². The average molecular weight is 419 g/mol. The summed E-state index contributed by atoms with van der Waals surface area (Å²) < 4.78 is 12.7. The zero-order valence-corrected chi connectivity index (χ0v) is 16.5. The Kier molecular flexibility index (Phi) is 5.29. The molecular formula is C18H19ClN6O2S. The van der Waals surface area contributed by atoms with Gasteiger partial charge in [-0.1, -0.05) is 23.7 Å². The molecule has 0 bridgehead atoms. The first-order chi connectivity index (χ1) is 13.5. The number of aromatic nitrogens is 3. The number of anilines is 1. The lowest BCUT2D eigenvalue weighted by molar-refractivity contribution is 0.0951. The molecule has 28 heavy (non-hydrogen) atoms. The smallest absolute Gasteiger partial charge is 0.251 e. The van der Waals surface area contributed by atoms with Crippen LogP contribution in [-0.4, -0.2) is 43.1 Å². The summed E-state index contributed by atoms with van der Waals surface area (Å²) in [4.78, 5) is 16.6. The van der Waals surface area contributed by atoms with Gasteiger partial charge < -0.3 is 10.6 Å². The van der Waals surface area contributed by atoms with Gasteiger partial charge in [-0.15, -0.1) is 0 Å². The van der Waals surface area contributed by atoms with Crippen molar-refractivity contribution in [1.29, 1.82) is 0 Å². The topological polar surface area (TPSA) is 114 Å². The van der Waals surface area contributed by atoms with E-state index in [0.717, 1.165) is 24.1 Å². The number of benzene rings is 1. The highest BCUT2D eigenvalue weighted by Crippen LogP contribution is 2.26. The third-order valence-corrected chi connectivity index (χ3v) is 5.20. The Morgan fingerprint density at radius 1 is 1.32 bits per heavy atom. The summed E-state index contributed by atoms with van der Waals surface area (Å²) in [5, 5.41) is 16.0. The van der Waals surface area contributed by atoms with Crippen molar-refractivity contribution in [2.45, 2.75) is 18.9 Å². The van der Waals surface area contributed by atoms with Gasteiger partial charge in [0.15, 0.2) is 10.8 Å². The molecule has 146 valence electrons. The van der Waals surface area contributed by atoms with Crippen LogP contribution in [0.5, 0.6) is 0 Å². The molecule has 1 fully saturated rings. The van der Waals surface area contributed by atoms with Gasteiger partial charge in [-0.2, -0.15) is 5.10 Å². The number of imidazole rings is 1. The number of nitrogens with zero attached hydrogens (tertiary/aromatic N) is 3. The fourth-order valence-corrected chi connectivity index (χ4v) is 3.33. The summed E-state index contributed by atoms with van der Waals surface area (Å²) in [5.74, 6) is 0.251. The van der Waals surface area contributed by atoms with Gasteiger partial charge in [0.05, 0.1) is 34.3 Å². The van der Waals surface area contributed by atoms with E-state index in [-0.39, 0.29) is 5.91 Å². The van der Waals surface area contributed by atoms with Crippen LogP contribution in [0.1, 0.15) is 23.2 Å². The average Bonchev–Trinajstić information content (AvgIpc) is 3.37. The highest BCUT2D eigenvalue weighted by molar-refractivity contribution is 7.82. The second-order valence-electron chi connectivity index (χ2n) is 6.60. The monoisotopic (exact) mass is 418 g/mol. The van der Waals surface area contributed by atoms with E-state index in [4.69, 9.17) is 16.7 Å². The van der Waals surface area contributed by atoms with Gasteiger partial charge in [0, 0.05) is 29.8 Å². The maximum Gasteiger partial charge on any atom is 0.251 e. The van der Waals surface area contributed by atoms with E-state index in [9.17, 15) is 9.00 Å². The number of fused-ring (bicyclic) bond motifs is 1. The molecular weight excluding hydrogens is 400 g/mol. The van der Waals surface area contributed by atoms with Gasteiger partial charge in [0.1, 0.15) is 0 Å². The van der Waals surface area contributed by atoms with Crippen LogP contribution in [0.15, 0.2) is 36.5 Å². The first-order valence-corrected chi connectivity index (χ1v) is 10.6. The molecule has 2 heterocycles. The Balaban J connectivity index is 1.60. The summed E-state index contributed by atoms with van der Waals surface area (Å²) >= 11 is 6.17. The molecule has 8 nitrogen and oxygen atoms in total. The lowest BCUT2D eigenvalue weighted by Crippen LogP contribution is -2.25. The van der Waals surface area contributed by atoms with E-state index in [1.807, 2.05) is 12.1 Å². The molecule has 1 atom stereocenters. The van der Waals surface area contributed by atoms with Crippen molar-refractivity contribution < 1.29 is 9.00 Å². The van der Waals surface area contributed by atoms with E-state index in [0.29, 0.717) is 40.4 Å². The maximum absolute atomic E-state index is 12.1. The molecule has 0 saturated heterocycles. The van der Waals surface area contributed by atoms with E-state index in [2.05, 4.69) is 20.7 Å². The Labute approximate surface area is 169 Å². The molecule has 1 saturated carbocycles. The largest absolute Gasteiger partial charge is 0.381 e. The lowest BCUT2D eigenvalue weighted by atomic mass is 10.1. The first-order valence-electron chi connectivity index (χ1n) is 8.83. The standard InChI is InChI=1S/C18H19ClN6O2S/c19-16-9-14(21-7-8-28(20)27)17-22-10-15(25(17)24-16)11-1-3-12(4-2-11)18(26)23-13-5-6-13/h1-4,9-10,13,21H,5-8,20H2,(H,23,26). The van der Waals surface area contributed by atoms with Crippen LogP contribution in [-0.2, 0) is 11.0 Å². The summed E-state index contributed by atoms with van der Waals surface area (Å²) in [5.41, 5.74) is 3.50. The number of rotatable bonds is 7. The zero-order chi connectivity index (χ0) is 19.7. The van der Waals surface area contributed by atoms with Crippen molar-refractivity contribution in [3.8, 4) is 11.3 Å². The van der Waals surface area contributed by atoms with Gasteiger partial charge in [0.2, 0.25) is 0 Å². The number of nitrogens with two attached hydrogens (primary N) is 1. The Bertz CT molecular complexity index is 1050. The summed E-state index contributed by atoms with van der Waals surface area (Å²) in [6, 6.07) is 9.27. The molecule has 1 aromatic carbocycles. The van der Waals surface area contributed by atoms with Gasteiger partial charge in [-0.25, -0.2) is 13.7 Å². The van der Waals surface area contributed by atoms with Crippen LogP contribution in [0, 0.1) is 0 Å². The molecule has 0 radical (unpaired) electrons. The summed E-state index contributed by atoms with van der Waals surface area (Å²) in [6.07, 6.45) is 3.80. The summed E-state index contributed by atoms with van der Waals surface area (Å²) in [6.45, 7) is 0.423. The summed E-state index contributed by atoms with van der Waals surface area (Å²) in [7, 11) is -1.38. The third kappa shape index (κ3) is 4.16. The molecule has 3 aromatic rings. The molecule has 4 N–H and O–H groups in total. The molecule has 1 amide bonds. The number of halogens is 1. The SMILES string of the molecule is NS(=O)CCNc1cc(Cl)nn2c(-c3ccc(C(=O)NC4CC4)cc3)cnc12. The van der Waals surface area contributed by atoms with Gasteiger partial charge in [0.25, 0.3) is 5.91 Å². The van der Waals surface area contributed by atoms with E-state index in [1.165, 1.54) is 0 Å². The minimum Gasteiger partial charge on any atom is -0.381 e. The molecule has 0 aliphatic heterocycles. The van der Waals surface area contributed by atoms with Crippen molar-refractivity contribution in [2.75, 3.05) is 17.6 Å². The minimum atomic E-state index is -1.38. The van der Waals surface area contributed by atoms with Gasteiger partial charge >= 0.3 is 0 Å². The van der Waals surface area contributed by atoms with Crippen LogP contribution in [0.4, 0.5) is 5.69 Å². The quantitative estimate of drug-likeness (QED) is 0.542. The minimum absolute atomic E-state index is 0.0582. The Morgan fingerprint density at radius 3 is 2.75 bits per heavy atom. The van der Waals surface area contributed by atoms with Crippen LogP contribution in [0.3, 0.4) is 0 Å². The maximum atomic E-state index is 12.1. The predicted octanol–water partition coefficient (Wildman–Crippen LogP) is 1.98. The van der Waals surface area contributed by atoms with E-state index < -0.39 is 11.0 Å². The number of carbonyl (C=O) groups excluding carboxylic acids is 1. The van der Waals surface area contributed by atoms with E-state index in [1.54, 1.807) is 28.9 Å². The second-order valence-corrected chi connectivity index (χ2v) is 8.15. The molecule has 1 aliphatic carbocycles. The zero-order valence-electron chi connectivity index (χ0n) is 14.9. The number of hydrogen-bond acceptors (Lipinski definition) is 5. The van der Waals surface area contributed by atoms with Crippen LogP contribution in [0.2, 0.25) is 5.15 Å².